The van der Waals surface area contributed by atoms with Crippen LogP contribution in [0.15, 0.2) is 53.1 Å². The van der Waals surface area contributed by atoms with E-state index in [2.05, 4.69) is 41.5 Å². The van der Waals surface area contributed by atoms with Crippen molar-refractivity contribution < 1.29 is 4.79 Å². The number of carbonyl (C=O) groups is 1. The molecule has 4 rings (SSSR count). The highest BCUT2D eigenvalue weighted by Gasteiger charge is 2.15. The van der Waals surface area contributed by atoms with Gasteiger partial charge in [-0.3, -0.25) is 4.79 Å². The van der Waals surface area contributed by atoms with Gasteiger partial charge in [0.05, 0.1) is 21.2 Å². The van der Waals surface area contributed by atoms with Crippen LogP contribution in [0.1, 0.15) is 10.4 Å². The highest BCUT2D eigenvalue weighted by atomic mass is 79.9. The molecule has 0 aliphatic heterocycles. The molecule has 2 aromatic heterocycles. The summed E-state index contributed by atoms with van der Waals surface area (Å²) in [5, 5.41) is 7.20. The van der Waals surface area contributed by atoms with E-state index in [0.717, 1.165) is 0 Å². The van der Waals surface area contributed by atoms with Gasteiger partial charge in [0.25, 0.3) is 5.91 Å². The molecule has 1 amide bonds. The van der Waals surface area contributed by atoms with Gasteiger partial charge < -0.3 is 15.6 Å². The Kier molecular flexibility index (Phi) is 5.65. The number of rotatable bonds is 4. The van der Waals surface area contributed by atoms with Gasteiger partial charge in [-0.05, 0) is 52.3 Å². The van der Waals surface area contributed by atoms with Crippen LogP contribution < -0.4 is 10.6 Å². The fourth-order valence-electron chi connectivity index (χ4n) is 2.66. The minimum absolute atomic E-state index is 0.333. The fraction of sp³-hybridized carbons (Fsp3) is 0. The zero-order chi connectivity index (χ0) is 20.5. The molecule has 0 unspecified atom stereocenters. The van der Waals surface area contributed by atoms with Crippen LogP contribution in [0.2, 0.25) is 15.1 Å². The topological polar surface area (TPSA) is 82.7 Å². The Morgan fingerprint density at radius 3 is 2.55 bits per heavy atom. The summed E-state index contributed by atoms with van der Waals surface area (Å²) >= 11 is 21.8. The third kappa shape index (κ3) is 4.33. The Hall–Kier alpha value is -2.32. The molecular weight excluding hydrogens is 501 g/mol. The number of nitrogens with zero attached hydrogens (tertiary/aromatic N) is 2. The summed E-state index contributed by atoms with van der Waals surface area (Å²) < 4.78 is 0.647. The fourth-order valence-corrected chi connectivity index (χ4v) is 3.86. The lowest BCUT2D eigenvalue weighted by atomic mass is 10.2. The molecule has 0 aliphatic carbocycles. The molecule has 146 valence electrons. The second-order valence-corrected chi connectivity index (χ2v) is 8.08. The first-order valence-electron chi connectivity index (χ1n) is 8.24. The normalized spacial score (nSPS) is 10.9. The number of carbonyl (C=O) groups excluding carboxylic acids is 1. The number of benzene rings is 2. The van der Waals surface area contributed by atoms with E-state index in [4.69, 9.17) is 34.8 Å². The summed E-state index contributed by atoms with van der Waals surface area (Å²) in [6.07, 6.45) is 1.52. The molecule has 0 spiro atoms. The number of imidazole rings is 1. The van der Waals surface area contributed by atoms with Crippen molar-refractivity contribution in [1.82, 2.24) is 15.0 Å². The molecule has 4 aromatic rings. The Morgan fingerprint density at radius 1 is 1.07 bits per heavy atom. The quantitative estimate of drug-likeness (QED) is 0.286. The number of anilines is 3. The van der Waals surface area contributed by atoms with Gasteiger partial charge in [-0.1, -0.05) is 40.9 Å². The number of fused-ring (bicyclic) bond motifs is 1. The maximum atomic E-state index is 12.6. The number of amides is 1. The average Bonchev–Trinajstić information content (AvgIpc) is 3.08. The van der Waals surface area contributed by atoms with Crippen molar-refractivity contribution in [2.24, 2.45) is 0 Å². The van der Waals surface area contributed by atoms with Gasteiger partial charge in [0, 0.05) is 21.3 Å². The Bertz CT molecular complexity index is 1220. The lowest BCUT2D eigenvalue weighted by Crippen LogP contribution is -2.12. The van der Waals surface area contributed by atoms with Crippen LogP contribution in [0.5, 0.6) is 0 Å². The van der Waals surface area contributed by atoms with Gasteiger partial charge >= 0.3 is 0 Å². The van der Waals surface area contributed by atoms with Gasteiger partial charge in [-0.25, -0.2) is 9.97 Å². The molecule has 10 heteroatoms. The van der Waals surface area contributed by atoms with E-state index in [1.807, 2.05) is 0 Å². The van der Waals surface area contributed by atoms with Gasteiger partial charge in [0.15, 0.2) is 0 Å². The molecule has 0 saturated carbocycles. The van der Waals surface area contributed by atoms with Crippen LogP contribution in [-0.2, 0) is 0 Å². The Balaban J connectivity index is 1.64. The lowest BCUT2D eigenvalue weighted by molar-refractivity contribution is 0.102. The van der Waals surface area contributed by atoms with E-state index in [1.165, 1.54) is 6.20 Å². The zero-order valence-corrected chi connectivity index (χ0v) is 18.3. The minimum Gasteiger partial charge on any atom is -0.324 e. The molecule has 0 aliphatic rings. The van der Waals surface area contributed by atoms with E-state index in [9.17, 15) is 4.79 Å². The number of pyridine rings is 1. The molecule has 0 radical (unpaired) electrons. The molecule has 0 atom stereocenters. The predicted octanol–water partition coefficient (Wildman–Crippen LogP) is 6.68. The smallest absolute Gasteiger partial charge is 0.256 e. The molecule has 0 bridgehead atoms. The van der Waals surface area contributed by atoms with E-state index < -0.39 is 0 Å². The van der Waals surface area contributed by atoms with Crippen molar-refractivity contribution in [3.63, 3.8) is 0 Å². The summed E-state index contributed by atoms with van der Waals surface area (Å²) in [5.74, 6) is 0.462. The van der Waals surface area contributed by atoms with E-state index in [0.29, 0.717) is 53.6 Å². The van der Waals surface area contributed by atoms with Crippen molar-refractivity contribution in [1.29, 1.82) is 0 Å². The molecular formula is C19H11BrCl3N5O. The minimum atomic E-state index is -0.333. The highest BCUT2D eigenvalue weighted by Crippen LogP contribution is 2.33. The van der Waals surface area contributed by atoms with Crippen molar-refractivity contribution in [3.8, 4) is 0 Å². The number of nitrogens with one attached hydrogen (secondary N) is 3. The summed E-state index contributed by atoms with van der Waals surface area (Å²) in [7, 11) is 0. The molecule has 2 aromatic carbocycles. The number of hydrogen-bond donors (Lipinski definition) is 3. The van der Waals surface area contributed by atoms with Gasteiger partial charge in [-0.15, -0.1) is 0 Å². The van der Waals surface area contributed by atoms with Crippen molar-refractivity contribution in [2.75, 3.05) is 10.6 Å². The van der Waals surface area contributed by atoms with Crippen molar-refractivity contribution in [3.05, 3.63) is 73.8 Å². The molecule has 29 heavy (non-hydrogen) atoms. The first-order chi connectivity index (χ1) is 13.9. The Morgan fingerprint density at radius 2 is 1.83 bits per heavy atom. The largest absolute Gasteiger partial charge is 0.324 e. The Labute approximate surface area is 188 Å². The maximum Gasteiger partial charge on any atom is 0.256 e. The van der Waals surface area contributed by atoms with Gasteiger partial charge in [0.1, 0.15) is 11.3 Å². The van der Waals surface area contributed by atoms with Crippen LogP contribution in [0.3, 0.4) is 0 Å². The van der Waals surface area contributed by atoms with E-state index >= 15 is 0 Å². The number of aromatic nitrogens is 3. The molecule has 2 heterocycles. The second kappa shape index (κ2) is 8.20. The second-order valence-electron chi connectivity index (χ2n) is 5.97. The van der Waals surface area contributed by atoms with Crippen LogP contribution in [0, 0.1) is 0 Å². The molecule has 6 nitrogen and oxygen atoms in total. The summed E-state index contributed by atoms with van der Waals surface area (Å²) in [4.78, 5) is 24.3. The predicted molar refractivity (Wildman–Crippen MR) is 121 cm³/mol. The van der Waals surface area contributed by atoms with Crippen LogP contribution >= 0.6 is 50.7 Å². The summed E-state index contributed by atoms with van der Waals surface area (Å²) in [6, 6.07) is 11.8. The highest BCUT2D eigenvalue weighted by molar-refractivity contribution is 9.10. The summed E-state index contributed by atoms with van der Waals surface area (Å²) in [5.41, 5.74) is 2.25. The number of hydrogen-bond acceptors (Lipinski definition) is 4. The molecule has 0 saturated heterocycles. The molecule has 0 fully saturated rings. The van der Waals surface area contributed by atoms with Gasteiger partial charge in [-0.2, -0.15) is 0 Å². The number of halogens is 4. The van der Waals surface area contributed by atoms with Crippen LogP contribution in [-0.4, -0.2) is 20.9 Å². The number of para-hydroxylation sites is 1. The van der Waals surface area contributed by atoms with Crippen LogP contribution in [0.25, 0.3) is 11.0 Å². The standard InChI is InChI=1S/C19H11BrCl3N5O/c20-11-6-9(18(29)26-15-8-10(21)4-5-24-15)7-14-16(11)27-19(25-14)28-17-12(22)2-1-3-13(17)23/h1-8H,(H,24,26,29)(H2,25,27,28). The average molecular weight is 512 g/mol. The lowest BCUT2D eigenvalue weighted by Gasteiger charge is -2.06. The van der Waals surface area contributed by atoms with Crippen LogP contribution in [0.4, 0.5) is 17.5 Å². The zero-order valence-electron chi connectivity index (χ0n) is 14.4. The van der Waals surface area contributed by atoms with Crippen molar-refractivity contribution >= 4 is 85.1 Å². The maximum absolute atomic E-state index is 12.6. The number of H-pyrrole nitrogens is 1. The third-order valence-electron chi connectivity index (χ3n) is 3.97. The first-order valence-corrected chi connectivity index (χ1v) is 10.2. The van der Waals surface area contributed by atoms with Crippen molar-refractivity contribution in [2.45, 2.75) is 0 Å². The van der Waals surface area contributed by atoms with Gasteiger partial charge in [0.2, 0.25) is 5.95 Å². The van der Waals surface area contributed by atoms with E-state index in [-0.39, 0.29) is 5.91 Å². The monoisotopic (exact) mass is 509 g/mol. The molecule has 3 N–H and O–H groups in total. The number of aromatic amines is 1. The first kappa shape index (κ1) is 20.0. The SMILES string of the molecule is O=C(Nc1cc(Cl)ccn1)c1cc(Br)c2nc(Nc3c(Cl)cccc3Cl)[nH]c2c1. The third-order valence-corrected chi connectivity index (χ3v) is 5.44. The van der Waals surface area contributed by atoms with E-state index in [1.54, 1.807) is 42.5 Å². The summed E-state index contributed by atoms with van der Waals surface area (Å²) in [6.45, 7) is 0.